The normalized spacial score (nSPS) is 13.3. The maximum absolute atomic E-state index is 7.57. The van der Waals surface area contributed by atoms with Gasteiger partial charge in [0.2, 0.25) is 0 Å². The van der Waals surface area contributed by atoms with E-state index in [2.05, 4.69) is 332 Å². The summed E-state index contributed by atoms with van der Waals surface area (Å²) >= 11 is 3.45. The van der Waals surface area contributed by atoms with Crippen molar-refractivity contribution in [3.05, 3.63) is 288 Å². The number of benzene rings is 13. The van der Waals surface area contributed by atoms with Crippen LogP contribution < -0.4 is 91.4 Å². The van der Waals surface area contributed by atoms with Gasteiger partial charge in [-0.25, -0.2) is 0 Å². The van der Waals surface area contributed by atoms with Gasteiger partial charge in [-0.2, -0.15) is 0 Å². The Morgan fingerprint density at radius 3 is 0.810 bits per heavy atom. The monoisotopic (exact) mass is 1330 g/mol. The molecule has 0 atom stereocenters. The fourth-order valence-electron chi connectivity index (χ4n) is 16.0. The van der Waals surface area contributed by atoms with Crippen LogP contribution in [-0.2, 0) is 0 Å². The summed E-state index contributed by atoms with van der Waals surface area (Å²) in [6.07, 6.45) is 4.41. The summed E-state index contributed by atoms with van der Waals surface area (Å²) in [7, 11) is 0. The zero-order valence-corrected chi connectivity index (χ0v) is 58.3. The average Bonchev–Trinajstić information content (AvgIpc) is 0.706. The van der Waals surface area contributed by atoms with Crippen LogP contribution >= 0.6 is 23.9 Å². The molecule has 6 aliphatic rings. The first-order valence-electron chi connectivity index (χ1n) is 34.2. The molecule has 6 aliphatic heterocycles. The van der Waals surface area contributed by atoms with E-state index in [9.17, 15) is 0 Å². The van der Waals surface area contributed by atoms with Gasteiger partial charge in [0.1, 0.15) is 46.0 Å². The zero-order valence-electron chi connectivity index (χ0n) is 56.7. The number of rotatable bonds is 11. The molecule has 0 fully saturated rings. The molecule has 14 heteroatoms. The number of hydrogen-bond donors (Lipinski definition) is 0. The number of aryl methyl sites for hydroxylation is 6. The van der Waals surface area contributed by atoms with Gasteiger partial charge in [0.25, 0.3) is 20.1 Å². The molecule has 0 aromatic heterocycles. The maximum atomic E-state index is 7.57. The first-order valence-corrected chi connectivity index (χ1v) is 36.5. The molecule has 0 unspecified atom stereocenters. The van der Waals surface area contributed by atoms with Gasteiger partial charge < -0.3 is 33.6 Å². The van der Waals surface area contributed by atoms with Gasteiger partial charge in [-0.3, -0.25) is 8.61 Å². The number of nitrogens with zero attached hydrogens (tertiary/aromatic N) is 5. The highest BCUT2D eigenvalue weighted by molar-refractivity contribution is 8.00. The van der Waals surface area contributed by atoms with Crippen molar-refractivity contribution in [3.63, 3.8) is 0 Å². The van der Waals surface area contributed by atoms with Gasteiger partial charge in [-0.15, -0.1) is 0 Å². The van der Waals surface area contributed by atoms with Gasteiger partial charge in [0.05, 0.1) is 39.8 Å². The standard InChI is InChI=1S/C86H66B3N5O4S2/c1-51-17-29-57(30-18-51)90(58-31-19-52(2)20-32-58)63-41-74-84-75(42-63)94(100-8)73-50-79-71(88-67-14-10-12-16-77(67)96-81-44-65(46-83(98-79)86(81)88)92(61-37-25-55(5)26-38-61)62-39-27-56(6)28-40-62)48-69(73)89(84)68-47-70-78(49-72(68)93(74)99-7)97-82-45-64(43-80-85(82)87(70)66-13-9-11-15-76(66)95-80)91(59-33-21-53(3)22-34-59)60-35-23-54(4)24-36-60/h9-50H,1-8H3. The second-order valence-electron chi connectivity index (χ2n) is 27.3. The number of para-hydroxylation sites is 2. The van der Waals surface area contributed by atoms with Crippen molar-refractivity contribution in [2.75, 3.05) is 35.8 Å². The van der Waals surface area contributed by atoms with Crippen LogP contribution in [0.2, 0.25) is 0 Å². The van der Waals surface area contributed by atoms with Gasteiger partial charge >= 0.3 is 0 Å². The molecule has 9 nitrogen and oxygen atoms in total. The summed E-state index contributed by atoms with van der Waals surface area (Å²) < 4.78 is 34.3. The third kappa shape index (κ3) is 9.58. The molecule has 0 saturated carbocycles. The minimum Gasteiger partial charge on any atom is -0.458 e. The zero-order chi connectivity index (χ0) is 67.3. The lowest BCUT2D eigenvalue weighted by Gasteiger charge is -2.45. The van der Waals surface area contributed by atoms with E-state index in [4.69, 9.17) is 18.9 Å². The Morgan fingerprint density at radius 2 is 0.510 bits per heavy atom. The van der Waals surface area contributed by atoms with Crippen molar-refractivity contribution in [1.29, 1.82) is 0 Å². The summed E-state index contributed by atoms with van der Waals surface area (Å²) in [5.74, 6) is 6.34. The lowest BCUT2D eigenvalue weighted by Crippen LogP contribution is -2.65. The Kier molecular flexibility index (Phi) is 14.0. The Bertz CT molecular complexity index is 5100. The van der Waals surface area contributed by atoms with E-state index in [0.717, 1.165) is 153 Å². The summed E-state index contributed by atoms with van der Waals surface area (Å²) in [5.41, 5.74) is 30.7. The molecular weight excluding hydrogens is 1260 g/mol. The molecule has 0 N–H and O–H groups in total. The van der Waals surface area contributed by atoms with Gasteiger partial charge in [-0.1, -0.05) is 155 Å². The smallest absolute Gasteiger partial charge is 0.260 e. The predicted octanol–water partition coefficient (Wildman–Crippen LogP) is 17.4. The van der Waals surface area contributed by atoms with Crippen LogP contribution in [0.5, 0.6) is 46.0 Å². The largest absolute Gasteiger partial charge is 0.458 e. The Hall–Kier alpha value is -11.0. The van der Waals surface area contributed by atoms with E-state index in [1.807, 2.05) is 0 Å². The number of hydrogen-bond acceptors (Lipinski definition) is 11. The van der Waals surface area contributed by atoms with Crippen molar-refractivity contribution < 1.29 is 18.9 Å². The fraction of sp³-hybridized carbons (Fsp3) is 0.0930. The molecule has 19 rings (SSSR count). The molecular formula is C86H66B3N5O4S2. The highest BCUT2D eigenvalue weighted by Crippen LogP contribution is 2.51. The van der Waals surface area contributed by atoms with Crippen LogP contribution in [0.1, 0.15) is 33.4 Å². The molecule has 13 aromatic rings. The van der Waals surface area contributed by atoms with Crippen LogP contribution in [0, 0.1) is 41.5 Å². The SMILES string of the molecule is CSN1c2cc3c(cc2B2c4cc5c(cc4N(SC)c4cc(N(c6ccc(C)cc6)c6ccc(C)cc6)cc1c42)Oc1cc(N(c2ccc(C)cc2)c2ccc(C)cc2)cc2c1B5c1ccccc1O2)B1c2ccccc2Oc2cc(N(c4ccc(C)cc4)c4ccc(C)cc4)cc(c21)O3. The van der Waals surface area contributed by atoms with Crippen molar-refractivity contribution in [2.24, 2.45) is 0 Å². The van der Waals surface area contributed by atoms with Crippen LogP contribution in [0.4, 0.5) is 73.9 Å². The van der Waals surface area contributed by atoms with E-state index < -0.39 is 0 Å². The van der Waals surface area contributed by atoms with Gasteiger partial charge in [0.15, 0.2) is 0 Å². The van der Waals surface area contributed by atoms with Crippen molar-refractivity contribution >= 4 is 167 Å². The summed E-state index contributed by atoms with van der Waals surface area (Å²) in [6.45, 7) is 12.1. The Balaban J connectivity index is 0.840. The third-order valence-corrected chi connectivity index (χ3v) is 22.4. The predicted molar refractivity (Wildman–Crippen MR) is 423 cm³/mol. The molecule has 0 spiro atoms. The first kappa shape index (κ1) is 60.2. The van der Waals surface area contributed by atoms with Crippen LogP contribution in [0.25, 0.3) is 0 Å². The number of fused-ring (bicyclic) bond motifs is 12. The number of ether oxygens (including phenoxy) is 4. The molecule has 100 heavy (non-hydrogen) atoms. The quantitative estimate of drug-likeness (QED) is 0.0919. The molecule has 6 heterocycles. The lowest BCUT2D eigenvalue weighted by atomic mass is 9.30. The molecule has 13 aromatic carbocycles. The minimum atomic E-state index is -0.259. The van der Waals surface area contributed by atoms with E-state index >= 15 is 0 Å². The van der Waals surface area contributed by atoms with E-state index in [1.54, 1.807) is 23.9 Å². The maximum Gasteiger partial charge on any atom is 0.260 e. The van der Waals surface area contributed by atoms with Crippen molar-refractivity contribution in [2.45, 2.75) is 41.5 Å². The molecule has 480 valence electrons. The Morgan fingerprint density at radius 1 is 0.240 bits per heavy atom. The van der Waals surface area contributed by atoms with E-state index in [-0.39, 0.29) is 20.1 Å². The fourth-order valence-corrected chi connectivity index (χ4v) is 17.5. The molecule has 0 bridgehead atoms. The molecule has 0 amide bonds. The van der Waals surface area contributed by atoms with Crippen molar-refractivity contribution in [3.8, 4) is 46.0 Å². The lowest BCUT2D eigenvalue weighted by molar-refractivity contribution is 0.464. The van der Waals surface area contributed by atoms with Crippen molar-refractivity contribution in [1.82, 2.24) is 0 Å². The highest BCUT2D eigenvalue weighted by Gasteiger charge is 2.50. The van der Waals surface area contributed by atoms with Crippen LogP contribution in [0.3, 0.4) is 0 Å². The third-order valence-electron chi connectivity index (χ3n) is 20.8. The van der Waals surface area contributed by atoms with Crippen LogP contribution in [0.15, 0.2) is 255 Å². The van der Waals surface area contributed by atoms with Gasteiger partial charge in [0, 0.05) is 94.0 Å². The highest BCUT2D eigenvalue weighted by atomic mass is 32.2. The summed E-state index contributed by atoms with van der Waals surface area (Å²) in [5, 5.41) is 0. The molecule has 0 aliphatic carbocycles. The topological polar surface area (TPSA) is 53.1 Å². The van der Waals surface area contributed by atoms with E-state index in [0.29, 0.717) is 0 Å². The minimum absolute atomic E-state index is 0.219. The Labute approximate surface area is 593 Å². The second kappa shape index (κ2) is 23.3. The summed E-state index contributed by atoms with van der Waals surface area (Å²) in [6, 6.07) is 93.3. The van der Waals surface area contributed by atoms with Crippen LogP contribution in [-0.4, -0.2) is 32.6 Å². The number of anilines is 13. The first-order chi connectivity index (χ1) is 48.9. The molecule has 0 saturated heterocycles. The molecule has 0 radical (unpaired) electrons. The van der Waals surface area contributed by atoms with Gasteiger partial charge in [-0.05, 0) is 201 Å². The summed E-state index contributed by atoms with van der Waals surface area (Å²) in [4.78, 5) is 7.03. The average molecular weight is 1330 g/mol. The van der Waals surface area contributed by atoms with E-state index in [1.165, 1.54) is 49.8 Å². The second-order valence-corrected chi connectivity index (χ2v) is 28.7.